The van der Waals surface area contributed by atoms with Crippen molar-refractivity contribution in [3.8, 4) is 56.3 Å². The van der Waals surface area contributed by atoms with Gasteiger partial charge in [0.25, 0.3) is 0 Å². The van der Waals surface area contributed by atoms with Crippen molar-refractivity contribution in [1.29, 1.82) is 0 Å². The van der Waals surface area contributed by atoms with E-state index in [9.17, 15) is 5.11 Å². The van der Waals surface area contributed by atoms with E-state index in [0.29, 0.717) is 11.4 Å². The highest BCUT2D eigenvalue weighted by atomic mass is 16.3. The van der Waals surface area contributed by atoms with Gasteiger partial charge in [-0.15, -0.1) is 0 Å². The summed E-state index contributed by atoms with van der Waals surface area (Å²) >= 11 is 0. The van der Waals surface area contributed by atoms with Crippen LogP contribution in [0.5, 0.6) is 5.75 Å². The fraction of sp³-hybridized carbons (Fsp3) is 0.250. The summed E-state index contributed by atoms with van der Waals surface area (Å²) in [4.78, 5) is 10.2. The molecular formula is C48H49N3O. The summed E-state index contributed by atoms with van der Waals surface area (Å²) in [6.45, 7) is 20.3. The van der Waals surface area contributed by atoms with Gasteiger partial charge in [0.1, 0.15) is 11.6 Å². The normalized spacial score (nSPS) is 12.4. The molecule has 0 saturated heterocycles. The number of benzene rings is 5. The molecule has 52 heavy (non-hydrogen) atoms. The number of hydrogen-bond acceptors (Lipinski definition) is 3. The standard InChI is InChI=1S/C48H49N3O/c1-46(2,3)35-25-33(24-34(26-35)41-19-13-14-23-49-41)39-18-15-20-42-44(39)50-45(40-22-21-32(27-43(40)52)31-16-11-10-12-17-31)51(42)38-29-36(47(4,5)6)28-37(30-38)48(7,8)9/h10-30,52H,1-9H3. The van der Waals surface area contributed by atoms with E-state index in [-0.39, 0.29) is 22.0 Å². The van der Waals surface area contributed by atoms with E-state index in [1.807, 2.05) is 48.7 Å². The van der Waals surface area contributed by atoms with E-state index in [1.54, 1.807) is 0 Å². The molecule has 4 heteroatoms. The van der Waals surface area contributed by atoms with Crippen molar-refractivity contribution in [3.63, 3.8) is 0 Å². The van der Waals surface area contributed by atoms with E-state index in [2.05, 4.69) is 146 Å². The zero-order valence-electron chi connectivity index (χ0n) is 31.9. The van der Waals surface area contributed by atoms with Crippen LogP contribution in [0.1, 0.15) is 79.0 Å². The average Bonchev–Trinajstić information content (AvgIpc) is 3.50. The number of para-hydroxylation sites is 1. The lowest BCUT2D eigenvalue weighted by atomic mass is 9.80. The van der Waals surface area contributed by atoms with Crippen LogP contribution < -0.4 is 0 Å². The monoisotopic (exact) mass is 683 g/mol. The number of imidazole rings is 1. The molecule has 0 saturated carbocycles. The van der Waals surface area contributed by atoms with Crippen LogP contribution in [-0.4, -0.2) is 19.6 Å². The van der Waals surface area contributed by atoms with Gasteiger partial charge < -0.3 is 5.11 Å². The van der Waals surface area contributed by atoms with Crippen molar-refractivity contribution in [1.82, 2.24) is 14.5 Å². The number of nitrogens with zero attached hydrogens (tertiary/aromatic N) is 3. The van der Waals surface area contributed by atoms with E-state index >= 15 is 0 Å². The molecule has 0 amide bonds. The maximum Gasteiger partial charge on any atom is 0.149 e. The molecule has 0 fully saturated rings. The number of fused-ring (bicyclic) bond motifs is 1. The average molecular weight is 684 g/mol. The van der Waals surface area contributed by atoms with Crippen LogP contribution in [-0.2, 0) is 16.2 Å². The van der Waals surface area contributed by atoms with Crippen LogP contribution in [0.4, 0.5) is 0 Å². The summed E-state index contributed by atoms with van der Waals surface area (Å²) in [5.74, 6) is 0.886. The zero-order valence-corrected chi connectivity index (χ0v) is 31.9. The molecule has 2 aromatic heterocycles. The maximum atomic E-state index is 11.8. The van der Waals surface area contributed by atoms with E-state index < -0.39 is 0 Å². The Kier molecular flexibility index (Phi) is 8.69. The first kappa shape index (κ1) is 34.9. The fourth-order valence-corrected chi connectivity index (χ4v) is 6.81. The minimum atomic E-state index is -0.0823. The van der Waals surface area contributed by atoms with Gasteiger partial charge >= 0.3 is 0 Å². The molecule has 262 valence electrons. The molecule has 2 heterocycles. The first-order valence-electron chi connectivity index (χ1n) is 18.2. The maximum absolute atomic E-state index is 11.8. The van der Waals surface area contributed by atoms with E-state index in [4.69, 9.17) is 9.97 Å². The number of phenols is 1. The topological polar surface area (TPSA) is 50.9 Å². The Labute approximate surface area is 308 Å². The van der Waals surface area contributed by atoms with Crippen molar-refractivity contribution in [3.05, 3.63) is 144 Å². The fourth-order valence-electron chi connectivity index (χ4n) is 6.81. The minimum Gasteiger partial charge on any atom is -0.507 e. The highest BCUT2D eigenvalue weighted by Gasteiger charge is 2.26. The van der Waals surface area contributed by atoms with Gasteiger partial charge in [-0.2, -0.15) is 0 Å². The van der Waals surface area contributed by atoms with Crippen LogP contribution >= 0.6 is 0 Å². The lowest BCUT2D eigenvalue weighted by molar-refractivity contribution is 0.477. The van der Waals surface area contributed by atoms with Crippen molar-refractivity contribution in [2.75, 3.05) is 0 Å². The van der Waals surface area contributed by atoms with Crippen molar-refractivity contribution >= 4 is 11.0 Å². The predicted molar refractivity (Wildman–Crippen MR) is 218 cm³/mol. The summed E-state index contributed by atoms with van der Waals surface area (Å²) in [7, 11) is 0. The highest BCUT2D eigenvalue weighted by molar-refractivity contribution is 5.97. The van der Waals surface area contributed by atoms with Gasteiger partial charge in [-0.3, -0.25) is 9.55 Å². The molecule has 0 aliphatic heterocycles. The number of hydrogen-bond donors (Lipinski definition) is 1. The lowest BCUT2D eigenvalue weighted by Gasteiger charge is -2.27. The van der Waals surface area contributed by atoms with Crippen LogP contribution in [0.3, 0.4) is 0 Å². The third-order valence-electron chi connectivity index (χ3n) is 10.0. The minimum absolute atomic E-state index is 0.0769. The summed E-state index contributed by atoms with van der Waals surface area (Å²) in [5.41, 5.74) is 13.2. The molecule has 0 unspecified atom stereocenters. The molecular weight excluding hydrogens is 635 g/mol. The van der Waals surface area contributed by atoms with E-state index in [1.165, 1.54) is 16.7 Å². The number of phenolic OH excluding ortho intramolecular Hbond substituents is 1. The lowest BCUT2D eigenvalue weighted by Crippen LogP contribution is -2.17. The Morgan fingerprint density at radius 1 is 0.500 bits per heavy atom. The predicted octanol–water partition coefficient (Wildman–Crippen LogP) is 12.7. The SMILES string of the molecule is CC(C)(C)c1cc(-c2ccccn2)cc(-c2cccc3c2nc(-c2ccc(-c4ccccc4)cc2O)n3-c2cc(C(C)(C)C)cc(C(C)(C)C)c2)c1. The summed E-state index contributed by atoms with van der Waals surface area (Å²) in [6.07, 6.45) is 1.85. The third kappa shape index (κ3) is 6.78. The summed E-state index contributed by atoms with van der Waals surface area (Å²) in [6, 6.07) is 42.3. The molecule has 0 atom stereocenters. The molecule has 7 rings (SSSR count). The molecule has 7 aromatic rings. The Morgan fingerprint density at radius 2 is 1.13 bits per heavy atom. The van der Waals surface area contributed by atoms with Gasteiger partial charge in [0.05, 0.1) is 22.3 Å². The molecule has 4 nitrogen and oxygen atoms in total. The Morgan fingerprint density at radius 3 is 1.75 bits per heavy atom. The highest BCUT2D eigenvalue weighted by Crippen LogP contribution is 2.42. The number of pyridine rings is 1. The quantitative estimate of drug-likeness (QED) is 0.196. The molecule has 0 aliphatic carbocycles. The number of rotatable bonds is 5. The van der Waals surface area contributed by atoms with Gasteiger partial charge in [0.2, 0.25) is 0 Å². The van der Waals surface area contributed by atoms with Gasteiger partial charge in [0, 0.05) is 23.0 Å². The van der Waals surface area contributed by atoms with Gasteiger partial charge in [-0.25, -0.2) is 4.98 Å². The molecule has 5 aromatic carbocycles. The molecule has 0 aliphatic rings. The second-order valence-electron chi connectivity index (χ2n) is 17.1. The van der Waals surface area contributed by atoms with Crippen LogP contribution in [0.25, 0.3) is 61.6 Å². The smallest absolute Gasteiger partial charge is 0.149 e. The molecule has 0 bridgehead atoms. The second kappa shape index (κ2) is 12.9. The first-order chi connectivity index (χ1) is 24.6. The number of aromatic nitrogens is 3. The Balaban J connectivity index is 1.54. The van der Waals surface area contributed by atoms with Crippen LogP contribution in [0.2, 0.25) is 0 Å². The van der Waals surface area contributed by atoms with E-state index in [0.717, 1.165) is 50.2 Å². The van der Waals surface area contributed by atoms with Crippen LogP contribution in [0.15, 0.2) is 128 Å². The van der Waals surface area contributed by atoms with Gasteiger partial charge in [-0.1, -0.05) is 129 Å². The summed E-state index contributed by atoms with van der Waals surface area (Å²) < 4.78 is 2.24. The molecule has 0 radical (unpaired) electrons. The Hall–Kier alpha value is -5.48. The van der Waals surface area contributed by atoms with Crippen molar-refractivity contribution in [2.24, 2.45) is 0 Å². The third-order valence-corrected chi connectivity index (χ3v) is 10.0. The Bertz CT molecular complexity index is 2370. The van der Waals surface area contributed by atoms with Gasteiger partial charge in [0.15, 0.2) is 0 Å². The first-order valence-corrected chi connectivity index (χ1v) is 18.2. The van der Waals surface area contributed by atoms with Crippen LogP contribution in [0, 0.1) is 0 Å². The zero-order chi connectivity index (χ0) is 37.0. The molecule has 1 N–H and O–H groups in total. The molecule has 0 spiro atoms. The number of aromatic hydroxyl groups is 1. The summed E-state index contributed by atoms with van der Waals surface area (Å²) in [5, 5.41) is 11.8. The largest absolute Gasteiger partial charge is 0.507 e. The second-order valence-corrected chi connectivity index (χ2v) is 17.1. The van der Waals surface area contributed by atoms with Crippen molar-refractivity contribution in [2.45, 2.75) is 78.6 Å². The van der Waals surface area contributed by atoms with Crippen molar-refractivity contribution < 1.29 is 5.11 Å². The van der Waals surface area contributed by atoms with Gasteiger partial charge in [-0.05, 0) is 104 Å².